The number of amides is 1. The Morgan fingerprint density at radius 1 is 1.33 bits per heavy atom. The second-order valence-corrected chi connectivity index (χ2v) is 6.23. The van der Waals surface area contributed by atoms with E-state index in [2.05, 4.69) is 15.4 Å². The third kappa shape index (κ3) is 2.31. The van der Waals surface area contributed by atoms with Crippen molar-refractivity contribution in [3.05, 3.63) is 47.2 Å². The molecule has 4 rings (SSSR count). The third-order valence-electron chi connectivity index (χ3n) is 3.77. The maximum absolute atomic E-state index is 12.3. The van der Waals surface area contributed by atoms with Crippen molar-refractivity contribution in [3.8, 4) is 0 Å². The van der Waals surface area contributed by atoms with Crippen molar-refractivity contribution in [2.45, 2.75) is 25.4 Å². The van der Waals surface area contributed by atoms with E-state index in [4.69, 9.17) is 0 Å². The molecule has 1 unspecified atom stereocenters. The highest BCUT2D eigenvalue weighted by Crippen LogP contribution is 2.22. The standard InChI is InChI=1S/C15H14N4OS/c20-14(15-18-12-3-1-2-4-13(12)21-15)17-10-6-8-19-11(9-10)5-7-16-19/h1-5,7,10H,6,8-9H2,(H,17,20). The van der Waals surface area contributed by atoms with Crippen LogP contribution >= 0.6 is 11.3 Å². The normalized spacial score (nSPS) is 17.6. The molecule has 0 saturated carbocycles. The van der Waals surface area contributed by atoms with E-state index >= 15 is 0 Å². The number of carbonyl (C=O) groups excluding carboxylic acids is 1. The average molecular weight is 298 g/mol. The first-order chi connectivity index (χ1) is 10.3. The van der Waals surface area contributed by atoms with Crippen LogP contribution in [0.4, 0.5) is 0 Å². The predicted molar refractivity (Wildman–Crippen MR) is 81.4 cm³/mol. The molecule has 3 aromatic rings. The molecule has 5 nitrogen and oxygen atoms in total. The molecule has 1 atom stereocenters. The van der Waals surface area contributed by atoms with Crippen molar-refractivity contribution in [1.82, 2.24) is 20.1 Å². The van der Waals surface area contributed by atoms with Gasteiger partial charge in [0.15, 0.2) is 5.01 Å². The highest BCUT2D eigenvalue weighted by Gasteiger charge is 2.22. The summed E-state index contributed by atoms with van der Waals surface area (Å²) in [5.74, 6) is -0.0748. The fourth-order valence-corrected chi connectivity index (χ4v) is 3.58. The summed E-state index contributed by atoms with van der Waals surface area (Å²) in [5, 5.41) is 7.88. The molecule has 0 aliphatic carbocycles. The summed E-state index contributed by atoms with van der Waals surface area (Å²) in [6, 6.07) is 9.99. The SMILES string of the molecule is O=C(NC1CCn2nccc2C1)c1nc2ccccc2s1. The van der Waals surface area contributed by atoms with Gasteiger partial charge in [0.2, 0.25) is 0 Å². The van der Waals surface area contributed by atoms with Crippen molar-refractivity contribution < 1.29 is 4.79 Å². The van der Waals surface area contributed by atoms with E-state index in [1.54, 1.807) is 0 Å². The van der Waals surface area contributed by atoms with Crippen LogP contribution in [0.3, 0.4) is 0 Å². The van der Waals surface area contributed by atoms with Gasteiger partial charge in [-0.15, -0.1) is 11.3 Å². The first-order valence-electron chi connectivity index (χ1n) is 6.97. The molecule has 0 saturated heterocycles. The fraction of sp³-hybridized carbons (Fsp3) is 0.267. The number of rotatable bonds is 2. The summed E-state index contributed by atoms with van der Waals surface area (Å²) < 4.78 is 3.05. The second-order valence-electron chi connectivity index (χ2n) is 5.20. The van der Waals surface area contributed by atoms with Crippen LogP contribution in [-0.4, -0.2) is 26.7 Å². The lowest BCUT2D eigenvalue weighted by Gasteiger charge is -2.23. The Morgan fingerprint density at radius 3 is 3.14 bits per heavy atom. The zero-order chi connectivity index (χ0) is 14.2. The molecule has 1 amide bonds. The third-order valence-corrected chi connectivity index (χ3v) is 4.81. The lowest BCUT2D eigenvalue weighted by atomic mass is 10.0. The van der Waals surface area contributed by atoms with Crippen molar-refractivity contribution in [3.63, 3.8) is 0 Å². The van der Waals surface area contributed by atoms with Crippen LogP contribution in [0.5, 0.6) is 0 Å². The smallest absolute Gasteiger partial charge is 0.280 e. The Balaban J connectivity index is 1.51. The molecule has 0 radical (unpaired) electrons. The van der Waals surface area contributed by atoms with Crippen molar-refractivity contribution in [1.29, 1.82) is 0 Å². The molecule has 3 heterocycles. The van der Waals surface area contributed by atoms with E-state index in [-0.39, 0.29) is 11.9 Å². The number of fused-ring (bicyclic) bond motifs is 2. The van der Waals surface area contributed by atoms with E-state index in [1.807, 2.05) is 41.2 Å². The minimum absolute atomic E-state index is 0.0748. The fourth-order valence-electron chi connectivity index (χ4n) is 2.71. The number of carbonyl (C=O) groups is 1. The molecule has 1 aromatic carbocycles. The highest BCUT2D eigenvalue weighted by atomic mass is 32.1. The Bertz CT molecular complexity index is 774. The number of hydrogen-bond acceptors (Lipinski definition) is 4. The van der Waals surface area contributed by atoms with Crippen molar-refractivity contribution >= 4 is 27.5 Å². The molecular formula is C15H14N4OS. The van der Waals surface area contributed by atoms with E-state index < -0.39 is 0 Å². The van der Waals surface area contributed by atoms with Gasteiger partial charge in [0.05, 0.1) is 10.2 Å². The van der Waals surface area contributed by atoms with Crippen LogP contribution in [0, 0.1) is 0 Å². The summed E-state index contributed by atoms with van der Waals surface area (Å²) in [6.45, 7) is 0.854. The van der Waals surface area contributed by atoms with Gasteiger partial charge in [0.1, 0.15) is 0 Å². The number of nitrogens with zero attached hydrogens (tertiary/aromatic N) is 3. The van der Waals surface area contributed by atoms with Gasteiger partial charge in [-0.2, -0.15) is 5.10 Å². The number of para-hydroxylation sites is 1. The molecule has 6 heteroatoms. The van der Waals surface area contributed by atoms with E-state index in [1.165, 1.54) is 17.0 Å². The topological polar surface area (TPSA) is 59.8 Å². The van der Waals surface area contributed by atoms with Crippen LogP contribution < -0.4 is 5.32 Å². The largest absolute Gasteiger partial charge is 0.347 e. The number of benzene rings is 1. The van der Waals surface area contributed by atoms with Gasteiger partial charge in [-0.25, -0.2) is 4.98 Å². The van der Waals surface area contributed by atoms with Gasteiger partial charge in [0.25, 0.3) is 5.91 Å². The minimum Gasteiger partial charge on any atom is -0.347 e. The minimum atomic E-state index is -0.0748. The maximum atomic E-state index is 12.3. The lowest BCUT2D eigenvalue weighted by molar-refractivity contribution is 0.0930. The van der Waals surface area contributed by atoms with Crippen LogP contribution in [0.1, 0.15) is 21.9 Å². The van der Waals surface area contributed by atoms with Gasteiger partial charge < -0.3 is 5.32 Å². The number of nitrogens with one attached hydrogen (secondary N) is 1. The number of hydrogen-bond donors (Lipinski definition) is 1. The van der Waals surface area contributed by atoms with Gasteiger partial charge >= 0.3 is 0 Å². The Hall–Kier alpha value is -2.21. The number of aryl methyl sites for hydroxylation is 1. The molecule has 106 valence electrons. The Kier molecular flexibility index (Phi) is 2.96. The molecule has 0 spiro atoms. The van der Waals surface area contributed by atoms with Gasteiger partial charge in [-0.3, -0.25) is 9.48 Å². The summed E-state index contributed by atoms with van der Waals surface area (Å²) in [4.78, 5) is 16.7. The Morgan fingerprint density at radius 2 is 2.24 bits per heavy atom. The molecule has 1 aliphatic rings. The molecule has 21 heavy (non-hydrogen) atoms. The maximum Gasteiger partial charge on any atom is 0.280 e. The number of aromatic nitrogens is 3. The Labute approximate surface area is 125 Å². The number of thiazole rings is 1. The van der Waals surface area contributed by atoms with Crippen molar-refractivity contribution in [2.75, 3.05) is 0 Å². The zero-order valence-corrected chi connectivity index (χ0v) is 12.1. The first kappa shape index (κ1) is 12.5. The van der Waals surface area contributed by atoms with Gasteiger partial charge in [-0.1, -0.05) is 12.1 Å². The molecule has 0 fully saturated rings. The van der Waals surface area contributed by atoms with Gasteiger partial charge in [0, 0.05) is 30.9 Å². The van der Waals surface area contributed by atoms with Crippen LogP contribution in [-0.2, 0) is 13.0 Å². The summed E-state index contributed by atoms with van der Waals surface area (Å²) in [6.07, 6.45) is 3.55. The molecule has 2 aromatic heterocycles. The van der Waals surface area contributed by atoms with Gasteiger partial charge in [-0.05, 0) is 24.6 Å². The molecular weight excluding hydrogens is 284 g/mol. The van der Waals surface area contributed by atoms with Crippen LogP contribution in [0.15, 0.2) is 36.5 Å². The molecule has 1 aliphatic heterocycles. The average Bonchev–Trinajstić information content (AvgIpc) is 3.13. The van der Waals surface area contributed by atoms with Crippen molar-refractivity contribution in [2.24, 2.45) is 0 Å². The highest BCUT2D eigenvalue weighted by molar-refractivity contribution is 7.20. The van der Waals surface area contributed by atoms with E-state index in [9.17, 15) is 4.79 Å². The molecule has 1 N–H and O–H groups in total. The summed E-state index contributed by atoms with van der Waals surface area (Å²) in [5.41, 5.74) is 2.06. The first-order valence-corrected chi connectivity index (χ1v) is 7.78. The summed E-state index contributed by atoms with van der Waals surface area (Å²) >= 11 is 1.44. The van der Waals surface area contributed by atoms with E-state index in [0.29, 0.717) is 5.01 Å². The molecule has 0 bridgehead atoms. The summed E-state index contributed by atoms with van der Waals surface area (Å²) in [7, 11) is 0. The monoisotopic (exact) mass is 298 g/mol. The van der Waals surface area contributed by atoms with Crippen LogP contribution in [0.2, 0.25) is 0 Å². The second kappa shape index (κ2) is 4.96. The zero-order valence-electron chi connectivity index (χ0n) is 11.3. The quantitative estimate of drug-likeness (QED) is 0.789. The predicted octanol–water partition coefficient (Wildman–Crippen LogP) is 2.24. The van der Waals surface area contributed by atoms with E-state index in [0.717, 1.165) is 29.6 Å². The van der Waals surface area contributed by atoms with Crippen LogP contribution in [0.25, 0.3) is 10.2 Å². The lowest BCUT2D eigenvalue weighted by Crippen LogP contribution is -2.40.